The van der Waals surface area contributed by atoms with Crippen LogP contribution in [0.1, 0.15) is 57.6 Å². The second-order valence-corrected chi connectivity index (χ2v) is 12.5. The van der Waals surface area contributed by atoms with E-state index in [0.717, 1.165) is 42.9 Å². The Hall–Kier alpha value is -1.67. The third-order valence-corrected chi connectivity index (χ3v) is 9.01. The number of carbonyl (C=O) groups excluding carboxylic acids is 2. The van der Waals surface area contributed by atoms with Crippen molar-refractivity contribution in [2.75, 3.05) is 42.6 Å². The van der Waals surface area contributed by atoms with Gasteiger partial charge in [0.05, 0.1) is 7.03 Å². The van der Waals surface area contributed by atoms with Gasteiger partial charge in [0.2, 0.25) is 10.0 Å². The first-order valence-corrected chi connectivity index (χ1v) is 15.7. The first kappa shape index (κ1) is 39.4. The molecule has 0 spiro atoms. The number of aryl methyl sites for hydroxylation is 2. The molecule has 1 unspecified atom stereocenters. The van der Waals surface area contributed by atoms with Crippen molar-refractivity contribution in [3.05, 3.63) is 59.7 Å². The van der Waals surface area contributed by atoms with Crippen LogP contribution in [-0.4, -0.2) is 70.1 Å². The van der Waals surface area contributed by atoms with E-state index < -0.39 is 10.0 Å². The smallest absolute Gasteiger partial charge is 0.319 e. The predicted molar refractivity (Wildman–Crippen MR) is 179 cm³/mol. The molecular weight excluding hydrogens is 809 g/mol. The molecule has 2 saturated heterocycles. The van der Waals surface area contributed by atoms with Crippen LogP contribution in [0.5, 0.6) is 0 Å². The number of rotatable bonds is 7. The van der Waals surface area contributed by atoms with Gasteiger partial charge < -0.3 is 26.6 Å². The quantitative estimate of drug-likeness (QED) is 0.254. The molecule has 13 heteroatoms. The molecule has 2 heterocycles. The molecular formula is C30H51N6O4PSU. The maximum Gasteiger partial charge on any atom is 0.319 e. The molecule has 2 aliphatic heterocycles. The molecule has 2 aromatic carbocycles. The Labute approximate surface area is 287 Å². The van der Waals surface area contributed by atoms with E-state index in [2.05, 4.69) is 26.6 Å². The van der Waals surface area contributed by atoms with Crippen molar-refractivity contribution in [3.63, 3.8) is 0 Å². The number of hydrogen-bond acceptors (Lipinski definition) is 5. The van der Waals surface area contributed by atoms with E-state index in [0.29, 0.717) is 38.4 Å². The molecule has 0 radical (unpaired) electrons. The number of hydrogen-bond donors (Lipinski definition) is 5. The fraction of sp³-hybridized carbons (Fsp3) is 0.533. The number of piperidine rings is 2. The zero-order chi connectivity index (χ0) is 31.0. The van der Waals surface area contributed by atoms with Gasteiger partial charge >= 0.3 is 12.1 Å². The summed E-state index contributed by atoms with van der Waals surface area (Å²) in [6.45, 7) is 8.78. The molecule has 240 valence electrons. The molecule has 2 aliphatic rings. The second kappa shape index (κ2) is 21.1. The molecule has 0 bridgehead atoms. The van der Waals surface area contributed by atoms with Gasteiger partial charge in [-0.25, -0.2) is 22.3 Å². The molecule has 2 fully saturated rings. The summed E-state index contributed by atoms with van der Waals surface area (Å²) in [6.07, 6.45) is 3.91. The number of benzene rings is 2. The molecule has 10 nitrogen and oxygen atoms in total. The Kier molecular flexibility index (Phi) is 19.3. The van der Waals surface area contributed by atoms with Crippen LogP contribution < -0.4 is 26.6 Å². The minimum absolute atomic E-state index is 0. The van der Waals surface area contributed by atoms with Gasteiger partial charge in [0.1, 0.15) is 0 Å². The molecule has 0 aromatic heterocycles. The van der Waals surface area contributed by atoms with Gasteiger partial charge in [0, 0.05) is 67.7 Å². The normalized spacial score (nSPS) is 15.8. The molecule has 2 aromatic rings. The number of carbonyl (C=O) groups is 2. The van der Waals surface area contributed by atoms with Crippen LogP contribution in [0.4, 0.5) is 21.0 Å². The van der Waals surface area contributed by atoms with Gasteiger partial charge in [-0.1, -0.05) is 49.7 Å². The SMILES string of the molecule is C.CCCS(=O)(=O)N1CCC(NC(=O)Nc2ccc(C)cc2)CC1.Cc1ccc(NC(=O)NC2CCNCC2)cc1.[3H]P.[U]. The number of sulfonamides is 1. The van der Waals surface area contributed by atoms with Crippen LogP contribution in [0, 0.1) is 45.0 Å². The molecule has 5 N–H and O–H groups in total. The maximum atomic E-state index is 12.0. The second-order valence-electron chi connectivity index (χ2n) is 10.4. The van der Waals surface area contributed by atoms with E-state index in [9.17, 15) is 18.0 Å². The van der Waals surface area contributed by atoms with E-state index in [1.54, 1.807) is 9.84 Å². The van der Waals surface area contributed by atoms with E-state index in [-0.39, 0.29) is 62.4 Å². The summed E-state index contributed by atoms with van der Waals surface area (Å²) < 4.78 is 31.2. The molecule has 0 saturated carbocycles. The van der Waals surface area contributed by atoms with Crippen molar-refractivity contribution >= 4 is 43.3 Å². The summed E-state index contributed by atoms with van der Waals surface area (Å²) in [5.41, 5.74) is 3.91. The average molecular weight is 863 g/mol. The van der Waals surface area contributed by atoms with Crippen LogP contribution in [0.25, 0.3) is 0 Å². The van der Waals surface area contributed by atoms with Crippen LogP contribution in [-0.2, 0) is 10.0 Å². The van der Waals surface area contributed by atoms with Crippen molar-refractivity contribution in [1.82, 2.24) is 20.3 Å². The Morgan fingerprint density at radius 2 is 1.23 bits per heavy atom. The first-order chi connectivity index (χ1) is 20.1. The minimum atomic E-state index is -3.13. The Balaban J connectivity index is 0.000000788. The van der Waals surface area contributed by atoms with Gasteiger partial charge in [0.25, 0.3) is 0 Å². The van der Waals surface area contributed by atoms with E-state index in [1.165, 1.54) is 9.87 Å². The van der Waals surface area contributed by atoms with Gasteiger partial charge in [-0.2, -0.15) is 9.84 Å². The predicted octanol–water partition coefficient (Wildman–Crippen LogP) is 4.88. The largest absolute Gasteiger partial charge is 0.335 e. The van der Waals surface area contributed by atoms with Gasteiger partial charge in [-0.15, -0.1) is 0 Å². The van der Waals surface area contributed by atoms with Crippen molar-refractivity contribution in [1.29, 1.82) is 1.28 Å². The summed E-state index contributed by atoms with van der Waals surface area (Å²) in [4.78, 5) is 23.7. The zero-order valence-electron chi connectivity index (χ0n) is 25.9. The number of nitrogens with one attached hydrogen (secondary N) is 5. The van der Waals surface area contributed by atoms with Crippen LogP contribution >= 0.6 is 9.84 Å². The van der Waals surface area contributed by atoms with Crippen molar-refractivity contribution in [2.24, 2.45) is 0 Å². The fourth-order valence-electron chi connectivity index (χ4n) is 4.61. The first-order valence-electron chi connectivity index (χ1n) is 14.7. The fourth-order valence-corrected chi connectivity index (χ4v) is 6.15. The maximum absolute atomic E-state index is 12.0. The third kappa shape index (κ3) is 15.3. The molecule has 43 heavy (non-hydrogen) atoms. The molecule has 1 atom stereocenters. The van der Waals surface area contributed by atoms with Crippen molar-refractivity contribution in [3.8, 4) is 0 Å². The number of urea groups is 2. The topological polar surface area (TPSA) is 132 Å². The Morgan fingerprint density at radius 1 is 0.837 bits per heavy atom. The van der Waals surface area contributed by atoms with E-state index in [1.807, 2.05) is 69.3 Å². The van der Waals surface area contributed by atoms with Crippen molar-refractivity contribution in [2.45, 2.75) is 72.4 Å². The van der Waals surface area contributed by atoms with Gasteiger partial charge in [0.15, 0.2) is 0 Å². The molecule has 4 rings (SSSR count). The summed E-state index contributed by atoms with van der Waals surface area (Å²) in [7, 11) is -1.47. The third-order valence-electron chi connectivity index (χ3n) is 6.94. The Bertz CT molecular complexity index is 1200. The van der Waals surface area contributed by atoms with E-state index >= 15 is 0 Å². The number of nitrogens with zero attached hydrogens (tertiary/aromatic N) is 1. The van der Waals surface area contributed by atoms with Gasteiger partial charge in [-0.05, 0) is 83.3 Å². The van der Waals surface area contributed by atoms with Crippen molar-refractivity contribution < 1.29 is 49.1 Å². The van der Waals surface area contributed by atoms with Crippen LogP contribution in [0.15, 0.2) is 48.5 Å². The van der Waals surface area contributed by atoms with Gasteiger partial charge in [-0.3, -0.25) is 0 Å². The van der Waals surface area contributed by atoms with E-state index in [4.69, 9.17) is 1.28 Å². The monoisotopic (exact) mass is 862 g/mol. The zero-order valence-corrected chi connectivity index (χ0v) is 31.0. The standard InChI is InChI=1S/C16H25N3O3S.C13H19N3O.CH4.H3P.U/c1-3-12-23(21,22)19-10-8-15(9-11-19)18-16(20)17-14-6-4-13(2)5-7-14;1-10-2-4-11(5-3-10)15-13(17)16-12-6-8-14-9-7-12;;;/h4-7,15H,3,8-12H2,1-2H3,(H2,17,18,20);2-5,12,14H,6-9H2,1H3,(H2,15,16,17);1H4;1H3;/i;;;1T;. The minimum Gasteiger partial charge on any atom is -0.335 e. The molecule has 0 aliphatic carbocycles. The summed E-state index contributed by atoms with van der Waals surface area (Å²) >= 11 is 0. The average Bonchev–Trinajstić information content (AvgIpc) is 2.98. The number of amides is 4. The van der Waals surface area contributed by atoms with Crippen LogP contribution in [0.2, 0.25) is 0 Å². The Morgan fingerprint density at radius 3 is 1.63 bits per heavy atom. The summed E-state index contributed by atoms with van der Waals surface area (Å²) in [5, 5.41) is 14.8. The summed E-state index contributed by atoms with van der Waals surface area (Å²) in [6, 6.07) is 15.3. The summed E-state index contributed by atoms with van der Waals surface area (Å²) in [5.74, 6) is 0.193. The number of anilines is 2. The molecule has 4 amide bonds. The van der Waals surface area contributed by atoms with Crippen LogP contribution in [0.3, 0.4) is 0 Å².